The summed E-state index contributed by atoms with van der Waals surface area (Å²) in [6.07, 6.45) is 7.28. The fraction of sp³-hybridized carbons (Fsp3) is 0.438. The SMILES string of the molecule is O=C(NCCCn1cccn1)NC1CCN(c2ccccn2)C1. The van der Waals surface area contributed by atoms with Gasteiger partial charge in [-0.15, -0.1) is 0 Å². The lowest BCUT2D eigenvalue weighted by atomic mass is 10.3. The molecule has 7 heteroatoms. The van der Waals surface area contributed by atoms with Crippen molar-refractivity contribution in [1.82, 2.24) is 25.4 Å². The molecule has 0 saturated carbocycles. The lowest BCUT2D eigenvalue weighted by Gasteiger charge is -2.18. The Morgan fingerprint density at radius 2 is 2.26 bits per heavy atom. The molecule has 0 spiro atoms. The first kappa shape index (κ1) is 15.3. The second-order valence-electron chi connectivity index (χ2n) is 5.64. The lowest BCUT2D eigenvalue weighted by molar-refractivity contribution is 0.237. The third-order valence-corrected chi connectivity index (χ3v) is 3.91. The van der Waals surface area contributed by atoms with Crippen molar-refractivity contribution in [3.05, 3.63) is 42.9 Å². The second kappa shape index (κ2) is 7.62. The Bertz CT molecular complexity index is 600. The Hall–Kier alpha value is -2.57. The summed E-state index contributed by atoms with van der Waals surface area (Å²) in [5, 5.41) is 10.1. The minimum atomic E-state index is -0.0988. The largest absolute Gasteiger partial charge is 0.354 e. The summed E-state index contributed by atoms with van der Waals surface area (Å²) < 4.78 is 1.86. The summed E-state index contributed by atoms with van der Waals surface area (Å²) >= 11 is 0. The maximum absolute atomic E-state index is 11.9. The van der Waals surface area contributed by atoms with Gasteiger partial charge in [0.15, 0.2) is 0 Å². The summed E-state index contributed by atoms with van der Waals surface area (Å²) in [4.78, 5) is 18.5. The highest BCUT2D eigenvalue weighted by Gasteiger charge is 2.24. The predicted molar refractivity (Wildman–Crippen MR) is 88.2 cm³/mol. The minimum absolute atomic E-state index is 0.0988. The number of urea groups is 1. The van der Waals surface area contributed by atoms with Crippen molar-refractivity contribution < 1.29 is 4.79 Å². The summed E-state index contributed by atoms with van der Waals surface area (Å²) in [6.45, 7) is 3.17. The average Bonchev–Trinajstić information content (AvgIpc) is 3.24. The van der Waals surface area contributed by atoms with Crippen LogP contribution in [0.25, 0.3) is 0 Å². The molecule has 1 unspecified atom stereocenters. The van der Waals surface area contributed by atoms with Crippen LogP contribution in [0.2, 0.25) is 0 Å². The molecular formula is C16H22N6O. The fourth-order valence-electron chi connectivity index (χ4n) is 2.74. The standard InChI is InChI=1S/C16H22N6O/c23-16(18-8-3-10-22-11-4-9-19-22)20-14-6-12-21(13-14)15-5-1-2-7-17-15/h1-2,4-5,7,9,11,14H,3,6,8,10,12-13H2,(H2,18,20,23). The van der Waals surface area contributed by atoms with Crippen LogP contribution in [-0.2, 0) is 6.54 Å². The molecule has 2 amide bonds. The van der Waals surface area contributed by atoms with Gasteiger partial charge < -0.3 is 15.5 Å². The first-order chi connectivity index (χ1) is 11.3. The topological polar surface area (TPSA) is 75.1 Å². The van der Waals surface area contributed by atoms with Gasteiger partial charge in [0.25, 0.3) is 0 Å². The van der Waals surface area contributed by atoms with E-state index in [2.05, 4.69) is 25.6 Å². The van der Waals surface area contributed by atoms with Gasteiger partial charge in [-0.25, -0.2) is 9.78 Å². The number of nitrogens with zero attached hydrogens (tertiary/aromatic N) is 4. The lowest BCUT2D eigenvalue weighted by Crippen LogP contribution is -2.43. The van der Waals surface area contributed by atoms with Crippen LogP contribution in [0.1, 0.15) is 12.8 Å². The molecule has 3 heterocycles. The van der Waals surface area contributed by atoms with E-state index in [4.69, 9.17) is 0 Å². The maximum Gasteiger partial charge on any atom is 0.315 e. The molecule has 2 aromatic rings. The van der Waals surface area contributed by atoms with Crippen LogP contribution in [0.15, 0.2) is 42.9 Å². The van der Waals surface area contributed by atoms with Gasteiger partial charge in [0.1, 0.15) is 5.82 Å². The van der Waals surface area contributed by atoms with E-state index in [0.29, 0.717) is 6.54 Å². The number of nitrogens with one attached hydrogen (secondary N) is 2. The van der Waals surface area contributed by atoms with E-state index in [9.17, 15) is 4.79 Å². The molecule has 23 heavy (non-hydrogen) atoms. The minimum Gasteiger partial charge on any atom is -0.354 e. The van der Waals surface area contributed by atoms with Crippen LogP contribution in [0, 0.1) is 0 Å². The van der Waals surface area contributed by atoms with Crippen LogP contribution >= 0.6 is 0 Å². The van der Waals surface area contributed by atoms with E-state index in [-0.39, 0.29) is 12.1 Å². The van der Waals surface area contributed by atoms with Crippen LogP contribution in [-0.4, -0.2) is 46.5 Å². The molecule has 2 aromatic heterocycles. The number of hydrogen-bond acceptors (Lipinski definition) is 4. The van der Waals surface area contributed by atoms with Crippen molar-refractivity contribution in [2.24, 2.45) is 0 Å². The van der Waals surface area contributed by atoms with Crippen molar-refractivity contribution in [3.63, 3.8) is 0 Å². The molecular weight excluding hydrogens is 292 g/mol. The summed E-state index contributed by atoms with van der Waals surface area (Å²) in [6, 6.07) is 7.86. The molecule has 0 radical (unpaired) electrons. The van der Waals surface area contributed by atoms with E-state index in [0.717, 1.165) is 38.3 Å². The van der Waals surface area contributed by atoms with Crippen LogP contribution in [0.5, 0.6) is 0 Å². The van der Waals surface area contributed by atoms with Crippen LogP contribution in [0.4, 0.5) is 10.6 Å². The number of carbonyl (C=O) groups excluding carboxylic acids is 1. The molecule has 1 aliphatic heterocycles. The quantitative estimate of drug-likeness (QED) is 0.787. The van der Waals surface area contributed by atoms with Crippen LogP contribution in [0.3, 0.4) is 0 Å². The van der Waals surface area contributed by atoms with Gasteiger partial charge in [-0.2, -0.15) is 5.10 Å². The third kappa shape index (κ3) is 4.45. The number of aromatic nitrogens is 3. The molecule has 0 aliphatic carbocycles. The van der Waals surface area contributed by atoms with Crippen molar-refractivity contribution in [2.45, 2.75) is 25.4 Å². The Labute approximate surface area is 135 Å². The Morgan fingerprint density at radius 1 is 1.30 bits per heavy atom. The van der Waals surface area contributed by atoms with Crippen molar-refractivity contribution in [1.29, 1.82) is 0 Å². The molecule has 1 atom stereocenters. The monoisotopic (exact) mass is 314 g/mol. The highest BCUT2D eigenvalue weighted by molar-refractivity contribution is 5.74. The van der Waals surface area contributed by atoms with Gasteiger partial charge in [-0.05, 0) is 31.0 Å². The van der Waals surface area contributed by atoms with E-state index in [1.807, 2.05) is 35.1 Å². The highest BCUT2D eigenvalue weighted by Crippen LogP contribution is 2.17. The number of amides is 2. The zero-order valence-corrected chi connectivity index (χ0v) is 13.1. The molecule has 2 N–H and O–H groups in total. The molecule has 0 bridgehead atoms. The van der Waals surface area contributed by atoms with Gasteiger partial charge in [-0.3, -0.25) is 4.68 Å². The van der Waals surface area contributed by atoms with Crippen molar-refractivity contribution in [3.8, 4) is 0 Å². The number of rotatable bonds is 6. The van der Waals surface area contributed by atoms with Gasteiger partial charge >= 0.3 is 6.03 Å². The van der Waals surface area contributed by atoms with Crippen molar-refractivity contribution in [2.75, 3.05) is 24.5 Å². The molecule has 1 aliphatic rings. The summed E-state index contributed by atoms with van der Waals surface area (Å²) in [5.41, 5.74) is 0. The van der Waals surface area contributed by atoms with E-state index in [1.54, 1.807) is 12.4 Å². The van der Waals surface area contributed by atoms with Crippen LogP contribution < -0.4 is 15.5 Å². The maximum atomic E-state index is 11.9. The number of pyridine rings is 1. The summed E-state index contributed by atoms with van der Waals surface area (Å²) in [5.74, 6) is 0.969. The zero-order valence-electron chi connectivity index (χ0n) is 13.1. The number of aryl methyl sites for hydroxylation is 1. The normalized spacial score (nSPS) is 17.2. The smallest absolute Gasteiger partial charge is 0.315 e. The predicted octanol–water partition coefficient (Wildman–Crippen LogP) is 1.25. The number of anilines is 1. The molecule has 3 rings (SSSR count). The average molecular weight is 314 g/mol. The molecule has 1 saturated heterocycles. The van der Waals surface area contributed by atoms with Crippen molar-refractivity contribution >= 4 is 11.8 Å². The third-order valence-electron chi connectivity index (χ3n) is 3.91. The van der Waals surface area contributed by atoms with Gasteiger partial charge in [0.2, 0.25) is 0 Å². The Morgan fingerprint density at radius 3 is 3.04 bits per heavy atom. The second-order valence-corrected chi connectivity index (χ2v) is 5.64. The number of carbonyl (C=O) groups is 1. The molecule has 7 nitrogen and oxygen atoms in total. The first-order valence-electron chi connectivity index (χ1n) is 7.99. The number of hydrogen-bond donors (Lipinski definition) is 2. The Kier molecular flexibility index (Phi) is 5.08. The van der Waals surface area contributed by atoms with E-state index in [1.165, 1.54) is 0 Å². The highest BCUT2D eigenvalue weighted by atomic mass is 16.2. The molecule has 122 valence electrons. The molecule has 0 aromatic carbocycles. The van der Waals surface area contributed by atoms with E-state index >= 15 is 0 Å². The van der Waals surface area contributed by atoms with Gasteiger partial charge in [0, 0.05) is 50.8 Å². The van der Waals surface area contributed by atoms with E-state index < -0.39 is 0 Å². The van der Waals surface area contributed by atoms with Gasteiger partial charge in [0.05, 0.1) is 0 Å². The summed E-state index contributed by atoms with van der Waals surface area (Å²) in [7, 11) is 0. The molecule has 1 fully saturated rings. The zero-order chi connectivity index (χ0) is 15.9. The fourth-order valence-corrected chi connectivity index (χ4v) is 2.74. The Balaban J connectivity index is 1.34. The first-order valence-corrected chi connectivity index (χ1v) is 7.99. The van der Waals surface area contributed by atoms with Gasteiger partial charge in [-0.1, -0.05) is 6.07 Å².